The van der Waals surface area contributed by atoms with Crippen LogP contribution >= 0.6 is 0 Å². The molecule has 0 saturated carbocycles. The van der Waals surface area contributed by atoms with Gasteiger partial charge in [0.25, 0.3) is 0 Å². The standard InChI is InChI=1S/C16H31N5/c1-13(2)7-6-8-19-16(17-5)20-11-15-18-9-10-21(15)12-14(3)4/h9-10,13-14H,6-8,11-12H2,1-5H3,(H2,17,19,20). The Bertz CT molecular complexity index is 420. The van der Waals surface area contributed by atoms with Crippen LogP contribution in [0.5, 0.6) is 0 Å². The summed E-state index contributed by atoms with van der Waals surface area (Å²) in [5, 5.41) is 6.68. The third kappa shape index (κ3) is 7.16. The van der Waals surface area contributed by atoms with Gasteiger partial charge in [-0.2, -0.15) is 0 Å². The summed E-state index contributed by atoms with van der Waals surface area (Å²) in [4.78, 5) is 8.66. The van der Waals surface area contributed by atoms with Crippen LogP contribution in [0.4, 0.5) is 0 Å². The molecule has 0 saturated heterocycles. The normalized spacial score (nSPS) is 12.2. The molecule has 1 aromatic heterocycles. The van der Waals surface area contributed by atoms with E-state index in [1.54, 1.807) is 7.05 Å². The van der Waals surface area contributed by atoms with Crippen LogP contribution < -0.4 is 10.6 Å². The smallest absolute Gasteiger partial charge is 0.191 e. The predicted octanol–water partition coefficient (Wildman–Crippen LogP) is 2.64. The Morgan fingerprint density at radius 2 is 2.00 bits per heavy atom. The molecule has 0 aliphatic heterocycles. The van der Waals surface area contributed by atoms with Gasteiger partial charge in [-0.25, -0.2) is 4.98 Å². The van der Waals surface area contributed by atoms with Crippen LogP contribution in [0.2, 0.25) is 0 Å². The van der Waals surface area contributed by atoms with Gasteiger partial charge in [0, 0.05) is 32.5 Å². The van der Waals surface area contributed by atoms with Crippen molar-refractivity contribution in [3.05, 3.63) is 18.2 Å². The van der Waals surface area contributed by atoms with Crippen LogP contribution in [-0.2, 0) is 13.1 Å². The van der Waals surface area contributed by atoms with Crippen molar-refractivity contribution in [2.75, 3.05) is 13.6 Å². The van der Waals surface area contributed by atoms with E-state index in [1.807, 2.05) is 12.4 Å². The lowest BCUT2D eigenvalue weighted by atomic mass is 10.1. The Kier molecular flexibility index (Phi) is 7.87. The molecule has 1 aromatic rings. The molecule has 0 atom stereocenters. The fourth-order valence-electron chi connectivity index (χ4n) is 2.17. The van der Waals surface area contributed by atoms with Crippen molar-refractivity contribution in [1.29, 1.82) is 0 Å². The number of hydrogen-bond donors (Lipinski definition) is 2. The third-order valence-corrected chi connectivity index (χ3v) is 3.25. The Morgan fingerprint density at radius 1 is 1.24 bits per heavy atom. The topological polar surface area (TPSA) is 54.2 Å². The number of imidazole rings is 1. The Balaban J connectivity index is 2.36. The average Bonchev–Trinajstić information content (AvgIpc) is 2.84. The molecule has 1 rings (SSSR count). The van der Waals surface area contributed by atoms with Crippen molar-refractivity contribution in [3.8, 4) is 0 Å². The maximum Gasteiger partial charge on any atom is 0.191 e. The molecular formula is C16H31N5. The van der Waals surface area contributed by atoms with Gasteiger partial charge in [0.15, 0.2) is 5.96 Å². The molecule has 0 fully saturated rings. The zero-order valence-corrected chi connectivity index (χ0v) is 14.2. The zero-order valence-electron chi connectivity index (χ0n) is 14.2. The van der Waals surface area contributed by atoms with E-state index >= 15 is 0 Å². The molecule has 0 bridgehead atoms. The monoisotopic (exact) mass is 293 g/mol. The molecule has 0 radical (unpaired) electrons. The quantitative estimate of drug-likeness (QED) is 0.440. The van der Waals surface area contributed by atoms with Gasteiger partial charge in [-0.05, 0) is 24.7 Å². The lowest BCUT2D eigenvalue weighted by Crippen LogP contribution is -2.38. The summed E-state index contributed by atoms with van der Waals surface area (Å²) in [5.41, 5.74) is 0. The second kappa shape index (κ2) is 9.42. The fraction of sp³-hybridized carbons (Fsp3) is 0.750. The number of hydrogen-bond acceptors (Lipinski definition) is 2. The van der Waals surface area contributed by atoms with Crippen LogP contribution in [0.3, 0.4) is 0 Å². The summed E-state index contributed by atoms with van der Waals surface area (Å²) < 4.78 is 2.20. The van der Waals surface area contributed by atoms with Crippen LogP contribution in [0.15, 0.2) is 17.4 Å². The molecular weight excluding hydrogens is 262 g/mol. The lowest BCUT2D eigenvalue weighted by molar-refractivity contribution is 0.503. The number of aromatic nitrogens is 2. The van der Waals surface area contributed by atoms with Crippen LogP contribution in [-0.4, -0.2) is 29.1 Å². The highest BCUT2D eigenvalue weighted by atomic mass is 15.2. The van der Waals surface area contributed by atoms with E-state index in [1.165, 1.54) is 12.8 Å². The lowest BCUT2D eigenvalue weighted by Gasteiger charge is -2.14. The minimum atomic E-state index is 0.617. The van der Waals surface area contributed by atoms with E-state index in [4.69, 9.17) is 0 Å². The zero-order chi connectivity index (χ0) is 15.7. The molecule has 0 aromatic carbocycles. The molecule has 1 heterocycles. The van der Waals surface area contributed by atoms with E-state index in [2.05, 4.69) is 52.9 Å². The van der Waals surface area contributed by atoms with Crippen molar-refractivity contribution in [3.63, 3.8) is 0 Å². The number of aliphatic imine (C=N–C) groups is 1. The average molecular weight is 293 g/mol. The maximum absolute atomic E-state index is 4.41. The minimum absolute atomic E-state index is 0.617. The second-order valence-electron chi connectivity index (χ2n) is 6.28. The highest BCUT2D eigenvalue weighted by Crippen LogP contribution is 2.04. The minimum Gasteiger partial charge on any atom is -0.356 e. The van der Waals surface area contributed by atoms with Gasteiger partial charge in [0.05, 0.1) is 6.54 Å². The van der Waals surface area contributed by atoms with Crippen molar-refractivity contribution < 1.29 is 0 Å². The molecule has 0 aliphatic carbocycles. The van der Waals surface area contributed by atoms with Crippen LogP contribution in [0, 0.1) is 11.8 Å². The summed E-state index contributed by atoms with van der Waals surface area (Å²) in [7, 11) is 1.80. The highest BCUT2D eigenvalue weighted by molar-refractivity contribution is 5.79. The first-order valence-electron chi connectivity index (χ1n) is 7.97. The van der Waals surface area contributed by atoms with Gasteiger partial charge < -0.3 is 15.2 Å². The first-order valence-corrected chi connectivity index (χ1v) is 7.97. The van der Waals surface area contributed by atoms with Crippen molar-refractivity contribution >= 4 is 5.96 Å². The highest BCUT2D eigenvalue weighted by Gasteiger charge is 2.05. The van der Waals surface area contributed by atoms with Crippen LogP contribution in [0.25, 0.3) is 0 Å². The Hall–Kier alpha value is -1.52. The number of nitrogens with one attached hydrogen (secondary N) is 2. The summed E-state index contributed by atoms with van der Waals surface area (Å²) in [6.07, 6.45) is 6.30. The van der Waals surface area contributed by atoms with Crippen LogP contribution in [0.1, 0.15) is 46.4 Å². The molecule has 0 aliphatic rings. The first-order chi connectivity index (χ1) is 10.0. The summed E-state index contributed by atoms with van der Waals surface area (Å²) in [5.74, 6) is 3.27. The van der Waals surface area contributed by atoms with E-state index < -0.39 is 0 Å². The van der Waals surface area contributed by atoms with Gasteiger partial charge in [-0.15, -0.1) is 0 Å². The summed E-state index contributed by atoms with van der Waals surface area (Å²) in [6, 6.07) is 0. The molecule has 5 nitrogen and oxygen atoms in total. The maximum atomic E-state index is 4.41. The van der Waals surface area contributed by atoms with Gasteiger partial charge in [0.1, 0.15) is 5.82 Å². The molecule has 21 heavy (non-hydrogen) atoms. The number of nitrogens with zero attached hydrogens (tertiary/aromatic N) is 3. The largest absolute Gasteiger partial charge is 0.356 e. The van der Waals surface area contributed by atoms with Crippen molar-refractivity contribution in [2.24, 2.45) is 16.8 Å². The second-order valence-corrected chi connectivity index (χ2v) is 6.28. The number of rotatable bonds is 8. The van der Waals surface area contributed by atoms with Gasteiger partial charge in [0.2, 0.25) is 0 Å². The van der Waals surface area contributed by atoms with E-state index in [9.17, 15) is 0 Å². The SMILES string of the molecule is CN=C(NCCCC(C)C)NCc1nccn1CC(C)C. The van der Waals surface area contributed by atoms with Crippen molar-refractivity contribution in [1.82, 2.24) is 20.2 Å². The summed E-state index contributed by atoms with van der Waals surface area (Å²) >= 11 is 0. The van der Waals surface area contributed by atoms with E-state index in [0.717, 1.165) is 30.8 Å². The Morgan fingerprint density at radius 3 is 2.62 bits per heavy atom. The molecule has 2 N–H and O–H groups in total. The first kappa shape index (κ1) is 17.5. The fourth-order valence-corrected chi connectivity index (χ4v) is 2.17. The molecule has 0 amide bonds. The number of guanidine groups is 1. The van der Waals surface area contributed by atoms with Gasteiger partial charge in [-0.3, -0.25) is 4.99 Å². The van der Waals surface area contributed by atoms with E-state index in [0.29, 0.717) is 12.5 Å². The molecule has 5 heteroatoms. The van der Waals surface area contributed by atoms with Gasteiger partial charge >= 0.3 is 0 Å². The molecule has 0 spiro atoms. The van der Waals surface area contributed by atoms with Gasteiger partial charge in [-0.1, -0.05) is 27.7 Å². The summed E-state index contributed by atoms with van der Waals surface area (Å²) in [6.45, 7) is 11.6. The Labute approximate surface area is 129 Å². The molecule has 120 valence electrons. The van der Waals surface area contributed by atoms with Crippen molar-refractivity contribution in [2.45, 2.75) is 53.6 Å². The predicted molar refractivity (Wildman–Crippen MR) is 89.3 cm³/mol. The van der Waals surface area contributed by atoms with E-state index in [-0.39, 0.29) is 0 Å². The molecule has 0 unspecified atom stereocenters. The third-order valence-electron chi connectivity index (χ3n) is 3.25.